The van der Waals surface area contributed by atoms with E-state index in [2.05, 4.69) is 15.4 Å². The largest absolute Gasteiger partial charge is 0.347 e. The third kappa shape index (κ3) is 5.96. The van der Waals surface area contributed by atoms with Crippen molar-refractivity contribution in [2.24, 2.45) is 5.92 Å². The second-order valence-electron chi connectivity index (χ2n) is 7.21. The third-order valence-electron chi connectivity index (χ3n) is 4.97. The van der Waals surface area contributed by atoms with Gasteiger partial charge in [0.25, 0.3) is 10.0 Å². The van der Waals surface area contributed by atoms with E-state index in [1.54, 1.807) is 24.3 Å². The summed E-state index contributed by atoms with van der Waals surface area (Å²) in [6, 6.07) is 12.3. The van der Waals surface area contributed by atoms with Crippen LogP contribution >= 0.6 is 11.6 Å². The number of hydrogen-bond acceptors (Lipinski definition) is 4. The summed E-state index contributed by atoms with van der Waals surface area (Å²) in [7, 11) is -3.82. The minimum atomic E-state index is -3.82. The van der Waals surface area contributed by atoms with Gasteiger partial charge in [0.15, 0.2) is 0 Å². The van der Waals surface area contributed by atoms with Crippen molar-refractivity contribution in [3.63, 3.8) is 0 Å². The van der Waals surface area contributed by atoms with Gasteiger partial charge in [-0.25, -0.2) is 8.42 Å². The lowest BCUT2D eigenvalue weighted by molar-refractivity contribution is -0.128. The van der Waals surface area contributed by atoms with E-state index in [1.165, 1.54) is 24.3 Å². The molecule has 1 fully saturated rings. The molecule has 2 aromatic carbocycles. The maximum Gasteiger partial charge on any atom is 0.261 e. The zero-order chi connectivity index (χ0) is 21.6. The van der Waals surface area contributed by atoms with Crippen LogP contribution in [-0.2, 0) is 19.6 Å². The molecule has 0 atom stereocenters. The van der Waals surface area contributed by atoms with E-state index >= 15 is 0 Å². The van der Waals surface area contributed by atoms with Crippen molar-refractivity contribution in [3.05, 3.63) is 53.6 Å². The Labute approximate surface area is 181 Å². The van der Waals surface area contributed by atoms with E-state index < -0.39 is 10.0 Å². The van der Waals surface area contributed by atoms with Gasteiger partial charge in [-0.3, -0.25) is 14.3 Å². The van der Waals surface area contributed by atoms with Gasteiger partial charge >= 0.3 is 0 Å². The molecular weight excluding hydrogens is 426 g/mol. The van der Waals surface area contributed by atoms with E-state index in [0.29, 0.717) is 10.7 Å². The predicted octanol–water partition coefficient (Wildman–Crippen LogP) is 3.78. The number of para-hydroxylation sites is 1. The first kappa shape index (κ1) is 22.1. The first-order valence-corrected chi connectivity index (χ1v) is 11.7. The van der Waals surface area contributed by atoms with Gasteiger partial charge in [0.2, 0.25) is 11.8 Å². The average molecular weight is 450 g/mol. The highest BCUT2D eigenvalue weighted by Crippen LogP contribution is 2.25. The Kier molecular flexibility index (Phi) is 7.33. The van der Waals surface area contributed by atoms with Crippen LogP contribution < -0.4 is 15.4 Å². The summed E-state index contributed by atoms with van der Waals surface area (Å²) in [5.41, 5.74) is 0.717. The standard InChI is InChI=1S/C21H24ClN3O4S/c22-18-8-4-5-9-19(18)25-30(28,29)17-12-10-16(11-13-17)24-20(26)14-23-21(27)15-6-2-1-3-7-15/h4-5,8-13,15,25H,1-3,6-7,14H2,(H,23,27)(H,24,26). The number of rotatable bonds is 7. The summed E-state index contributed by atoms with van der Waals surface area (Å²) in [6.45, 7) is -0.122. The van der Waals surface area contributed by atoms with E-state index in [-0.39, 0.29) is 34.9 Å². The van der Waals surface area contributed by atoms with Crippen molar-refractivity contribution in [1.29, 1.82) is 0 Å². The highest BCUT2D eigenvalue weighted by Gasteiger charge is 2.21. The Morgan fingerprint density at radius 1 is 0.967 bits per heavy atom. The highest BCUT2D eigenvalue weighted by atomic mass is 35.5. The second-order valence-corrected chi connectivity index (χ2v) is 9.30. The molecular formula is C21H24ClN3O4S. The van der Waals surface area contributed by atoms with Crippen molar-refractivity contribution in [2.45, 2.75) is 37.0 Å². The Hall–Kier alpha value is -2.58. The van der Waals surface area contributed by atoms with Gasteiger partial charge in [0, 0.05) is 11.6 Å². The molecule has 0 unspecified atom stereocenters. The van der Waals surface area contributed by atoms with Gasteiger partial charge in [0.05, 0.1) is 22.2 Å². The lowest BCUT2D eigenvalue weighted by Crippen LogP contribution is -2.37. The molecule has 7 nitrogen and oxygen atoms in total. The Morgan fingerprint density at radius 3 is 2.30 bits per heavy atom. The Balaban J connectivity index is 1.54. The smallest absolute Gasteiger partial charge is 0.261 e. The van der Waals surface area contributed by atoms with Crippen molar-refractivity contribution in [1.82, 2.24) is 5.32 Å². The van der Waals surface area contributed by atoms with Crippen LogP contribution in [0.2, 0.25) is 5.02 Å². The van der Waals surface area contributed by atoms with Crippen LogP contribution in [0.1, 0.15) is 32.1 Å². The molecule has 3 rings (SSSR count). The van der Waals surface area contributed by atoms with Gasteiger partial charge in [0.1, 0.15) is 0 Å². The quantitative estimate of drug-likeness (QED) is 0.598. The fourth-order valence-corrected chi connectivity index (χ4v) is 4.67. The summed E-state index contributed by atoms with van der Waals surface area (Å²) in [5.74, 6) is -0.470. The molecule has 1 saturated carbocycles. The zero-order valence-electron chi connectivity index (χ0n) is 16.4. The molecule has 0 radical (unpaired) electrons. The molecule has 0 saturated heterocycles. The summed E-state index contributed by atoms with van der Waals surface area (Å²) < 4.78 is 27.5. The van der Waals surface area contributed by atoms with E-state index in [1.807, 2.05) is 0 Å². The van der Waals surface area contributed by atoms with Crippen LogP contribution in [0.3, 0.4) is 0 Å². The number of hydrogen-bond donors (Lipinski definition) is 3. The first-order chi connectivity index (χ1) is 14.3. The average Bonchev–Trinajstić information content (AvgIpc) is 2.74. The molecule has 1 aliphatic rings. The monoisotopic (exact) mass is 449 g/mol. The second kappa shape index (κ2) is 9.95. The fourth-order valence-electron chi connectivity index (χ4n) is 3.35. The summed E-state index contributed by atoms with van der Waals surface area (Å²) in [4.78, 5) is 24.2. The number of halogens is 1. The van der Waals surface area contributed by atoms with Crippen molar-refractivity contribution < 1.29 is 18.0 Å². The number of sulfonamides is 1. The van der Waals surface area contributed by atoms with Crippen LogP contribution in [0.25, 0.3) is 0 Å². The van der Waals surface area contributed by atoms with E-state index in [9.17, 15) is 18.0 Å². The molecule has 0 bridgehead atoms. The Bertz CT molecular complexity index is 1000. The van der Waals surface area contributed by atoms with E-state index in [0.717, 1.165) is 32.1 Å². The lowest BCUT2D eigenvalue weighted by atomic mass is 9.89. The predicted molar refractivity (Wildman–Crippen MR) is 117 cm³/mol. The topological polar surface area (TPSA) is 104 Å². The number of anilines is 2. The van der Waals surface area contributed by atoms with Gasteiger partial charge in [-0.15, -0.1) is 0 Å². The van der Waals surface area contributed by atoms with Crippen LogP contribution in [0.15, 0.2) is 53.4 Å². The number of benzene rings is 2. The van der Waals surface area contributed by atoms with Crippen LogP contribution in [0, 0.1) is 5.92 Å². The Morgan fingerprint density at radius 2 is 1.63 bits per heavy atom. The maximum atomic E-state index is 12.5. The maximum absolute atomic E-state index is 12.5. The van der Waals surface area contributed by atoms with Crippen LogP contribution in [-0.4, -0.2) is 26.8 Å². The molecule has 3 N–H and O–H groups in total. The fraction of sp³-hybridized carbons (Fsp3) is 0.333. The van der Waals surface area contributed by atoms with Crippen LogP contribution in [0.4, 0.5) is 11.4 Å². The molecule has 9 heteroatoms. The lowest BCUT2D eigenvalue weighted by Gasteiger charge is -2.20. The molecule has 2 aromatic rings. The van der Waals surface area contributed by atoms with Gasteiger partial charge in [-0.1, -0.05) is 43.0 Å². The summed E-state index contributed by atoms with van der Waals surface area (Å²) >= 11 is 6.00. The molecule has 0 spiro atoms. The zero-order valence-corrected chi connectivity index (χ0v) is 17.9. The van der Waals surface area contributed by atoms with Gasteiger partial charge in [-0.05, 0) is 49.2 Å². The molecule has 0 heterocycles. The minimum Gasteiger partial charge on any atom is -0.347 e. The number of nitrogens with one attached hydrogen (secondary N) is 3. The molecule has 30 heavy (non-hydrogen) atoms. The number of amides is 2. The normalized spacial score (nSPS) is 14.7. The molecule has 1 aliphatic carbocycles. The van der Waals surface area contributed by atoms with Crippen LogP contribution in [0.5, 0.6) is 0 Å². The summed E-state index contributed by atoms with van der Waals surface area (Å²) in [5, 5.41) is 5.61. The molecule has 0 aromatic heterocycles. The van der Waals surface area contributed by atoms with Crippen molar-refractivity contribution in [3.8, 4) is 0 Å². The van der Waals surface area contributed by atoms with Gasteiger partial charge < -0.3 is 10.6 Å². The first-order valence-electron chi connectivity index (χ1n) is 9.80. The van der Waals surface area contributed by atoms with Crippen molar-refractivity contribution >= 4 is 44.8 Å². The number of carbonyl (C=O) groups is 2. The summed E-state index contributed by atoms with van der Waals surface area (Å²) in [6.07, 6.45) is 4.98. The highest BCUT2D eigenvalue weighted by molar-refractivity contribution is 7.92. The number of carbonyl (C=O) groups excluding carboxylic acids is 2. The SMILES string of the molecule is O=C(CNC(=O)C1CCCCC1)Nc1ccc(S(=O)(=O)Nc2ccccc2Cl)cc1. The van der Waals surface area contributed by atoms with E-state index in [4.69, 9.17) is 11.6 Å². The molecule has 2 amide bonds. The van der Waals surface area contributed by atoms with Crippen molar-refractivity contribution in [2.75, 3.05) is 16.6 Å². The molecule has 0 aliphatic heterocycles. The minimum absolute atomic E-state index is 0.0124. The molecule has 160 valence electrons. The van der Waals surface area contributed by atoms with Gasteiger partial charge in [-0.2, -0.15) is 0 Å². The third-order valence-corrected chi connectivity index (χ3v) is 6.68.